The lowest BCUT2D eigenvalue weighted by atomic mass is 10.1. The summed E-state index contributed by atoms with van der Waals surface area (Å²) >= 11 is 3.15. The SMILES string of the molecule is Cc1cc(F)c(Br)cc1NC1CCS(=O)(=O)CC1. The molecule has 1 N–H and O–H groups in total. The zero-order chi connectivity index (χ0) is 13.3. The fourth-order valence-electron chi connectivity index (χ4n) is 2.06. The van der Waals surface area contributed by atoms with Gasteiger partial charge in [0.1, 0.15) is 15.7 Å². The number of halogens is 2. The fraction of sp³-hybridized carbons (Fsp3) is 0.500. The van der Waals surface area contributed by atoms with Crippen molar-refractivity contribution in [3.8, 4) is 0 Å². The molecule has 0 spiro atoms. The second-order valence-corrected chi connectivity index (χ2v) is 7.81. The maximum atomic E-state index is 13.3. The van der Waals surface area contributed by atoms with Crippen molar-refractivity contribution in [1.29, 1.82) is 0 Å². The minimum atomic E-state index is -2.84. The Morgan fingerprint density at radius 3 is 2.56 bits per heavy atom. The van der Waals surface area contributed by atoms with E-state index in [1.54, 1.807) is 6.07 Å². The van der Waals surface area contributed by atoms with Gasteiger partial charge in [-0.1, -0.05) is 0 Å². The van der Waals surface area contributed by atoms with Crippen LogP contribution in [-0.4, -0.2) is 26.0 Å². The second kappa shape index (κ2) is 5.17. The Labute approximate surface area is 115 Å². The highest BCUT2D eigenvalue weighted by molar-refractivity contribution is 9.10. The predicted molar refractivity (Wildman–Crippen MR) is 74.1 cm³/mol. The van der Waals surface area contributed by atoms with Crippen molar-refractivity contribution in [3.05, 3.63) is 28.0 Å². The first-order valence-corrected chi connectivity index (χ1v) is 8.41. The third kappa shape index (κ3) is 3.23. The van der Waals surface area contributed by atoms with Crippen molar-refractivity contribution in [2.75, 3.05) is 16.8 Å². The Balaban J connectivity index is 2.09. The second-order valence-electron chi connectivity index (χ2n) is 4.65. The average Bonchev–Trinajstić information content (AvgIpc) is 2.28. The van der Waals surface area contributed by atoms with E-state index in [1.807, 2.05) is 6.92 Å². The first-order valence-electron chi connectivity index (χ1n) is 5.80. The van der Waals surface area contributed by atoms with Gasteiger partial charge < -0.3 is 5.32 Å². The maximum absolute atomic E-state index is 13.3. The van der Waals surface area contributed by atoms with Crippen molar-refractivity contribution in [2.24, 2.45) is 0 Å². The number of rotatable bonds is 2. The summed E-state index contributed by atoms with van der Waals surface area (Å²) in [7, 11) is -2.84. The Kier molecular flexibility index (Phi) is 3.96. The van der Waals surface area contributed by atoms with Gasteiger partial charge in [0.15, 0.2) is 0 Å². The largest absolute Gasteiger partial charge is 0.382 e. The molecule has 0 atom stereocenters. The third-order valence-electron chi connectivity index (χ3n) is 3.18. The number of anilines is 1. The number of hydrogen-bond acceptors (Lipinski definition) is 3. The Hall–Kier alpha value is -0.620. The average molecular weight is 336 g/mol. The van der Waals surface area contributed by atoms with Crippen molar-refractivity contribution in [2.45, 2.75) is 25.8 Å². The van der Waals surface area contributed by atoms with Crippen LogP contribution in [-0.2, 0) is 9.84 Å². The first-order chi connectivity index (χ1) is 8.37. The Morgan fingerprint density at radius 1 is 1.33 bits per heavy atom. The van der Waals surface area contributed by atoms with Crippen LogP contribution in [0.25, 0.3) is 0 Å². The monoisotopic (exact) mass is 335 g/mol. The van der Waals surface area contributed by atoms with Crippen LogP contribution >= 0.6 is 15.9 Å². The summed E-state index contributed by atoms with van der Waals surface area (Å²) < 4.78 is 36.4. The van der Waals surface area contributed by atoms with E-state index in [2.05, 4.69) is 21.2 Å². The smallest absolute Gasteiger partial charge is 0.150 e. The summed E-state index contributed by atoms with van der Waals surface area (Å²) in [4.78, 5) is 0. The van der Waals surface area contributed by atoms with E-state index >= 15 is 0 Å². The van der Waals surface area contributed by atoms with Crippen LogP contribution in [0, 0.1) is 12.7 Å². The van der Waals surface area contributed by atoms with Crippen LogP contribution in [0.2, 0.25) is 0 Å². The molecule has 0 radical (unpaired) electrons. The topological polar surface area (TPSA) is 46.2 Å². The lowest BCUT2D eigenvalue weighted by molar-refractivity contribution is 0.559. The van der Waals surface area contributed by atoms with Crippen LogP contribution in [0.5, 0.6) is 0 Å². The van der Waals surface area contributed by atoms with Gasteiger partial charge in [0.05, 0.1) is 16.0 Å². The van der Waals surface area contributed by atoms with Gasteiger partial charge >= 0.3 is 0 Å². The van der Waals surface area contributed by atoms with E-state index < -0.39 is 9.84 Å². The normalized spacial score (nSPS) is 19.7. The van der Waals surface area contributed by atoms with Crippen molar-refractivity contribution in [3.63, 3.8) is 0 Å². The molecule has 0 aliphatic carbocycles. The third-order valence-corrected chi connectivity index (χ3v) is 5.50. The van der Waals surface area contributed by atoms with Gasteiger partial charge in [0.25, 0.3) is 0 Å². The number of aryl methyl sites for hydroxylation is 1. The van der Waals surface area contributed by atoms with E-state index in [0.717, 1.165) is 11.3 Å². The summed E-state index contributed by atoms with van der Waals surface area (Å²) in [5.41, 5.74) is 1.68. The van der Waals surface area contributed by atoms with Crippen LogP contribution < -0.4 is 5.32 Å². The lowest BCUT2D eigenvalue weighted by Gasteiger charge is -2.25. The summed E-state index contributed by atoms with van der Waals surface area (Å²) in [5.74, 6) is 0.169. The number of sulfone groups is 1. The molecule has 6 heteroatoms. The van der Waals surface area contributed by atoms with E-state index in [9.17, 15) is 12.8 Å². The van der Waals surface area contributed by atoms with Crippen molar-refractivity contribution >= 4 is 31.5 Å². The molecule has 1 aromatic carbocycles. The summed E-state index contributed by atoms with van der Waals surface area (Å²) in [6, 6.07) is 3.31. The molecule has 1 aromatic rings. The molecule has 0 saturated carbocycles. The van der Waals surface area contributed by atoms with E-state index in [1.165, 1.54) is 6.07 Å². The number of hydrogen-bond donors (Lipinski definition) is 1. The fourth-order valence-corrected chi connectivity index (χ4v) is 3.89. The molecule has 1 saturated heterocycles. The molecule has 0 amide bonds. The molecule has 3 nitrogen and oxygen atoms in total. The van der Waals surface area contributed by atoms with Gasteiger partial charge in [-0.3, -0.25) is 0 Å². The molecular weight excluding hydrogens is 321 g/mol. The van der Waals surface area contributed by atoms with E-state index in [0.29, 0.717) is 17.3 Å². The molecule has 0 bridgehead atoms. The highest BCUT2D eigenvalue weighted by Crippen LogP contribution is 2.26. The molecule has 0 unspecified atom stereocenters. The van der Waals surface area contributed by atoms with Gasteiger partial charge in [-0.05, 0) is 53.4 Å². The molecule has 1 aliphatic heterocycles. The first kappa shape index (κ1) is 13.8. The zero-order valence-electron chi connectivity index (χ0n) is 10.0. The van der Waals surface area contributed by atoms with Crippen LogP contribution in [0.1, 0.15) is 18.4 Å². The lowest BCUT2D eigenvalue weighted by Crippen LogP contribution is -2.32. The predicted octanol–water partition coefficient (Wildman–Crippen LogP) is 2.89. The molecule has 1 fully saturated rings. The standard InChI is InChI=1S/C12H15BrFNO2S/c1-8-6-11(14)10(13)7-12(8)15-9-2-4-18(16,17)5-3-9/h6-7,9,15H,2-5H2,1H3. The Morgan fingerprint density at radius 2 is 1.94 bits per heavy atom. The van der Waals surface area contributed by atoms with Crippen LogP contribution in [0.15, 0.2) is 16.6 Å². The van der Waals surface area contributed by atoms with Gasteiger partial charge in [0, 0.05) is 11.7 Å². The van der Waals surface area contributed by atoms with Gasteiger partial charge in [-0.2, -0.15) is 0 Å². The number of nitrogens with one attached hydrogen (secondary N) is 1. The summed E-state index contributed by atoms with van der Waals surface area (Å²) in [6.45, 7) is 1.83. The molecule has 2 rings (SSSR count). The molecule has 1 aliphatic rings. The minimum absolute atomic E-state index is 0.143. The molecule has 0 aromatic heterocycles. The molecule has 18 heavy (non-hydrogen) atoms. The van der Waals surface area contributed by atoms with E-state index in [-0.39, 0.29) is 23.4 Å². The molecular formula is C12H15BrFNO2S. The quantitative estimate of drug-likeness (QED) is 0.903. The number of benzene rings is 1. The van der Waals surface area contributed by atoms with Gasteiger partial charge in [0.2, 0.25) is 0 Å². The minimum Gasteiger partial charge on any atom is -0.382 e. The zero-order valence-corrected chi connectivity index (χ0v) is 12.4. The summed E-state index contributed by atoms with van der Waals surface area (Å²) in [5, 5.41) is 3.29. The highest BCUT2D eigenvalue weighted by Gasteiger charge is 2.23. The van der Waals surface area contributed by atoms with Crippen LogP contribution in [0.4, 0.5) is 10.1 Å². The van der Waals surface area contributed by atoms with Gasteiger partial charge in [-0.25, -0.2) is 12.8 Å². The summed E-state index contributed by atoms with van der Waals surface area (Å²) in [6.07, 6.45) is 1.22. The van der Waals surface area contributed by atoms with Gasteiger partial charge in [-0.15, -0.1) is 0 Å². The van der Waals surface area contributed by atoms with Crippen LogP contribution in [0.3, 0.4) is 0 Å². The highest BCUT2D eigenvalue weighted by atomic mass is 79.9. The van der Waals surface area contributed by atoms with Crippen molar-refractivity contribution in [1.82, 2.24) is 0 Å². The van der Waals surface area contributed by atoms with Crippen molar-refractivity contribution < 1.29 is 12.8 Å². The molecule has 100 valence electrons. The molecule has 1 heterocycles. The van der Waals surface area contributed by atoms with E-state index in [4.69, 9.17) is 0 Å². The Bertz CT molecular complexity index is 545. The maximum Gasteiger partial charge on any atom is 0.150 e.